The van der Waals surface area contributed by atoms with Crippen LogP contribution in [0.4, 0.5) is 5.69 Å². The number of halogens is 1. The third-order valence-corrected chi connectivity index (χ3v) is 8.86. The Morgan fingerprint density at radius 3 is 2.59 bits per heavy atom. The zero-order valence-corrected chi connectivity index (χ0v) is 18.1. The Kier molecular flexibility index (Phi) is 3.84. The van der Waals surface area contributed by atoms with E-state index in [4.69, 9.17) is 21.6 Å². The molecule has 2 atom stereocenters. The maximum Gasteiger partial charge on any atom is 0.262 e. The maximum atomic E-state index is 12.9. The summed E-state index contributed by atoms with van der Waals surface area (Å²) in [5.74, 6) is 0.362. The molecule has 0 saturated heterocycles. The van der Waals surface area contributed by atoms with Crippen LogP contribution in [0, 0.1) is 5.41 Å². The molecule has 5 rings (SSSR count). The Morgan fingerprint density at radius 1 is 1.07 bits per heavy atom. The highest BCUT2D eigenvalue weighted by atomic mass is 35.5. The molecule has 0 amide bonds. The summed E-state index contributed by atoms with van der Waals surface area (Å²) < 4.78 is 28.3. The first-order valence-corrected chi connectivity index (χ1v) is 11.6. The van der Waals surface area contributed by atoms with E-state index in [0.717, 1.165) is 29.7 Å². The average molecular weight is 428 g/mol. The smallest absolute Gasteiger partial charge is 0.262 e. The lowest BCUT2D eigenvalue weighted by Crippen LogP contribution is -2.31. The van der Waals surface area contributed by atoms with Crippen LogP contribution in [0.3, 0.4) is 0 Å². The fourth-order valence-electron chi connectivity index (χ4n) is 5.01. The Bertz CT molecular complexity index is 1270. The van der Waals surface area contributed by atoms with Gasteiger partial charge in [-0.25, -0.2) is 18.4 Å². The third kappa shape index (κ3) is 2.55. The number of fused-ring (bicyclic) bond motifs is 6. The highest BCUT2D eigenvalue weighted by molar-refractivity contribution is 7.92. The Hall–Kier alpha value is -2.18. The lowest BCUT2D eigenvalue weighted by molar-refractivity contribution is 0.227. The first kappa shape index (κ1) is 18.8. The second-order valence-electron chi connectivity index (χ2n) is 8.84. The van der Waals surface area contributed by atoms with Gasteiger partial charge in [0.2, 0.25) is 0 Å². The van der Waals surface area contributed by atoms with Gasteiger partial charge in [-0.1, -0.05) is 44.5 Å². The van der Waals surface area contributed by atoms with Gasteiger partial charge in [0, 0.05) is 11.3 Å². The van der Waals surface area contributed by atoms with Crippen LogP contribution in [0.15, 0.2) is 47.4 Å². The lowest BCUT2D eigenvalue weighted by atomic mass is 9.70. The highest BCUT2D eigenvalue weighted by Gasteiger charge is 2.61. The maximum absolute atomic E-state index is 12.9. The van der Waals surface area contributed by atoms with Gasteiger partial charge in [0.1, 0.15) is 0 Å². The van der Waals surface area contributed by atoms with Crippen molar-refractivity contribution < 1.29 is 8.42 Å². The summed E-state index contributed by atoms with van der Waals surface area (Å²) in [5.41, 5.74) is 3.92. The number of hydrogen-bond donors (Lipinski definition) is 1. The molecule has 0 radical (unpaired) electrons. The summed E-state index contributed by atoms with van der Waals surface area (Å²) in [5, 5.41) is 0.348. The highest BCUT2D eigenvalue weighted by Crippen LogP contribution is 2.66. The molecule has 1 fully saturated rings. The van der Waals surface area contributed by atoms with Gasteiger partial charge >= 0.3 is 0 Å². The van der Waals surface area contributed by atoms with Crippen LogP contribution in [0.1, 0.15) is 50.9 Å². The van der Waals surface area contributed by atoms with Gasteiger partial charge in [0.25, 0.3) is 10.0 Å². The Morgan fingerprint density at radius 2 is 1.83 bits per heavy atom. The van der Waals surface area contributed by atoms with Crippen molar-refractivity contribution in [3.05, 3.63) is 58.9 Å². The summed E-state index contributed by atoms with van der Waals surface area (Å²) in [6, 6.07) is 11.7. The van der Waals surface area contributed by atoms with Crippen LogP contribution >= 0.6 is 11.6 Å². The van der Waals surface area contributed by atoms with Crippen LogP contribution in [-0.4, -0.2) is 18.4 Å². The zero-order valence-electron chi connectivity index (χ0n) is 16.5. The van der Waals surface area contributed by atoms with Crippen molar-refractivity contribution in [3.63, 3.8) is 0 Å². The topological polar surface area (TPSA) is 72.0 Å². The lowest BCUT2D eigenvalue weighted by Gasteiger charge is -2.34. The van der Waals surface area contributed by atoms with Gasteiger partial charge in [-0.05, 0) is 48.6 Å². The van der Waals surface area contributed by atoms with Crippen LogP contribution in [0.25, 0.3) is 11.0 Å². The molecule has 0 aliphatic heterocycles. The molecule has 1 heterocycles. The number of nitrogens with one attached hydrogen (secondary N) is 1. The summed E-state index contributed by atoms with van der Waals surface area (Å²) >= 11 is 6.10. The zero-order chi connectivity index (χ0) is 20.6. The predicted octanol–water partition coefficient (Wildman–Crippen LogP) is 5.26. The molecule has 7 heteroatoms. The van der Waals surface area contributed by atoms with Crippen molar-refractivity contribution in [2.45, 2.75) is 49.8 Å². The molecule has 29 heavy (non-hydrogen) atoms. The van der Waals surface area contributed by atoms with Gasteiger partial charge in [-0.2, -0.15) is 0 Å². The predicted molar refractivity (Wildman–Crippen MR) is 115 cm³/mol. The minimum absolute atomic E-state index is 0.0184. The minimum Gasteiger partial charge on any atom is -0.278 e. The van der Waals surface area contributed by atoms with Crippen molar-refractivity contribution in [1.82, 2.24) is 9.97 Å². The second kappa shape index (κ2) is 5.92. The molecule has 2 unspecified atom stereocenters. The fourth-order valence-corrected chi connectivity index (χ4v) is 6.35. The van der Waals surface area contributed by atoms with E-state index in [2.05, 4.69) is 25.5 Å². The van der Waals surface area contributed by atoms with E-state index in [1.807, 2.05) is 0 Å². The summed E-state index contributed by atoms with van der Waals surface area (Å²) in [7, 11) is -3.79. The molecule has 150 valence electrons. The van der Waals surface area contributed by atoms with Crippen molar-refractivity contribution in [2.24, 2.45) is 5.41 Å². The largest absolute Gasteiger partial charge is 0.278 e. The molecule has 1 saturated carbocycles. The number of aromatic nitrogens is 2. The summed E-state index contributed by atoms with van der Waals surface area (Å²) in [4.78, 5) is 9.97. The van der Waals surface area contributed by atoms with Crippen molar-refractivity contribution in [1.29, 1.82) is 0 Å². The van der Waals surface area contributed by atoms with Crippen molar-refractivity contribution in [3.8, 4) is 0 Å². The third-order valence-electron chi connectivity index (χ3n) is 7.17. The molecule has 2 aromatic carbocycles. The number of anilines is 1. The van der Waals surface area contributed by atoms with Gasteiger partial charge in [0.05, 0.1) is 38.0 Å². The van der Waals surface area contributed by atoms with E-state index >= 15 is 0 Å². The first-order valence-electron chi connectivity index (χ1n) is 9.73. The average Bonchev–Trinajstić information content (AvgIpc) is 3.00. The van der Waals surface area contributed by atoms with Gasteiger partial charge < -0.3 is 0 Å². The van der Waals surface area contributed by atoms with E-state index in [-0.39, 0.29) is 15.7 Å². The first-order chi connectivity index (χ1) is 13.6. The molecule has 1 aromatic heterocycles. The molecule has 2 aliphatic carbocycles. The van der Waals surface area contributed by atoms with E-state index in [1.54, 1.807) is 42.5 Å². The van der Waals surface area contributed by atoms with Crippen molar-refractivity contribution in [2.75, 3.05) is 4.72 Å². The van der Waals surface area contributed by atoms with E-state index < -0.39 is 10.0 Å². The molecule has 2 bridgehead atoms. The van der Waals surface area contributed by atoms with Crippen LogP contribution < -0.4 is 4.72 Å². The van der Waals surface area contributed by atoms with Crippen LogP contribution in [0.2, 0.25) is 5.02 Å². The van der Waals surface area contributed by atoms with E-state index in [9.17, 15) is 8.42 Å². The summed E-state index contributed by atoms with van der Waals surface area (Å²) in [6.07, 6.45) is 2.22. The monoisotopic (exact) mass is 427 g/mol. The number of para-hydroxylation sites is 1. The molecule has 5 nitrogen and oxygen atoms in total. The Balaban J connectivity index is 1.59. The number of benzene rings is 2. The molecule has 2 aliphatic rings. The number of nitrogens with zero attached hydrogens (tertiary/aromatic N) is 2. The molecule has 3 aromatic rings. The summed E-state index contributed by atoms with van der Waals surface area (Å²) in [6.45, 7) is 6.87. The van der Waals surface area contributed by atoms with E-state index in [0.29, 0.717) is 22.1 Å². The van der Waals surface area contributed by atoms with Crippen molar-refractivity contribution >= 4 is 38.3 Å². The fraction of sp³-hybridized carbons (Fsp3) is 0.364. The quantitative estimate of drug-likeness (QED) is 0.618. The standard InChI is InChI=1S/C22H22ClN3O2S/c1-21(2)14-10-11-22(21,3)20-19(14)24-18-12-13(8-9-17(18)25-20)29(27,28)26-16-7-5-4-6-15(16)23/h4-9,12,14,26H,10-11H2,1-3H3. The van der Waals surface area contributed by atoms with E-state index in [1.165, 1.54) is 0 Å². The Labute approximate surface area is 175 Å². The minimum atomic E-state index is -3.79. The number of sulfonamides is 1. The second-order valence-corrected chi connectivity index (χ2v) is 10.9. The van der Waals surface area contributed by atoms with Crippen LogP contribution in [-0.2, 0) is 15.4 Å². The number of hydrogen-bond acceptors (Lipinski definition) is 4. The molecule has 1 N–H and O–H groups in total. The van der Waals surface area contributed by atoms with Gasteiger partial charge in [-0.15, -0.1) is 0 Å². The SMILES string of the molecule is CC12CCC(c3nc4cc(S(=O)(=O)Nc5ccccc5Cl)ccc4nc31)C2(C)C. The molecular formula is C22H22ClN3O2S. The molecule has 0 spiro atoms. The van der Waals surface area contributed by atoms with Gasteiger partial charge in [0.15, 0.2) is 0 Å². The van der Waals surface area contributed by atoms with Gasteiger partial charge in [-0.3, -0.25) is 4.72 Å². The van der Waals surface area contributed by atoms with Crippen LogP contribution in [0.5, 0.6) is 0 Å². The normalized spacial score (nSPS) is 24.6. The molecular weight excluding hydrogens is 406 g/mol. The number of rotatable bonds is 3.